The molecule has 26 heavy (non-hydrogen) atoms. The van der Waals surface area contributed by atoms with Gasteiger partial charge < -0.3 is 10.2 Å². The predicted octanol–water partition coefficient (Wildman–Crippen LogP) is 2.03. The van der Waals surface area contributed by atoms with Crippen molar-refractivity contribution >= 4 is 23.5 Å². The summed E-state index contributed by atoms with van der Waals surface area (Å²) in [5.41, 5.74) is 4.78. The first-order chi connectivity index (χ1) is 12.3. The number of hydrogen-bond acceptors (Lipinski definition) is 4. The highest BCUT2D eigenvalue weighted by Gasteiger charge is 2.52. The molecule has 1 aliphatic heterocycles. The fourth-order valence-corrected chi connectivity index (χ4v) is 3.85. The minimum atomic E-state index is -0.831. The molecule has 1 spiro atoms. The molecule has 4 amide bonds. The number of anilines is 1. The van der Waals surface area contributed by atoms with E-state index in [0.717, 1.165) is 41.1 Å². The molecule has 1 aromatic carbocycles. The molecule has 0 atom stereocenters. The van der Waals surface area contributed by atoms with E-state index >= 15 is 0 Å². The van der Waals surface area contributed by atoms with E-state index in [1.165, 1.54) is 0 Å². The fourth-order valence-electron chi connectivity index (χ4n) is 3.85. The predicted molar refractivity (Wildman–Crippen MR) is 98.5 cm³/mol. The van der Waals surface area contributed by atoms with Crippen LogP contribution in [0, 0.1) is 13.8 Å². The van der Waals surface area contributed by atoms with Gasteiger partial charge in [0.1, 0.15) is 5.54 Å². The molecule has 2 N–H and O–H groups in total. The molecule has 1 saturated carbocycles. The molecule has 0 aromatic heterocycles. The number of urea groups is 1. The number of benzene rings is 1. The Balaban J connectivity index is 1.64. The summed E-state index contributed by atoms with van der Waals surface area (Å²) in [7, 11) is 1.81. The van der Waals surface area contributed by atoms with Crippen LogP contribution in [0.25, 0.3) is 0 Å². The third-order valence-electron chi connectivity index (χ3n) is 5.13. The van der Waals surface area contributed by atoms with Gasteiger partial charge in [-0.3, -0.25) is 15.0 Å². The number of hydrazine groups is 1. The minimum Gasteiger partial charge on any atom is -0.365 e. The van der Waals surface area contributed by atoms with E-state index in [1.54, 1.807) is 4.90 Å². The molecule has 3 rings (SSSR count). The number of aryl methyl sites for hydroxylation is 2. The van der Waals surface area contributed by atoms with Crippen molar-refractivity contribution in [2.45, 2.75) is 51.5 Å². The number of amides is 4. The highest BCUT2D eigenvalue weighted by molar-refractivity contribution is 6.08. The van der Waals surface area contributed by atoms with Crippen LogP contribution < -0.4 is 15.6 Å². The van der Waals surface area contributed by atoms with Crippen molar-refractivity contribution in [1.29, 1.82) is 0 Å². The van der Waals surface area contributed by atoms with E-state index in [9.17, 15) is 14.4 Å². The van der Waals surface area contributed by atoms with Gasteiger partial charge in [-0.1, -0.05) is 25.3 Å². The zero-order valence-electron chi connectivity index (χ0n) is 15.6. The summed E-state index contributed by atoms with van der Waals surface area (Å²) in [5, 5.41) is 3.63. The van der Waals surface area contributed by atoms with Crippen molar-refractivity contribution in [2.24, 2.45) is 0 Å². The molecule has 7 heteroatoms. The average molecular weight is 358 g/mol. The minimum absolute atomic E-state index is 0.0486. The van der Waals surface area contributed by atoms with Crippen molar-refractivity contribution in [1.82, 2.24) is 15.8 Å². The van der Waals surface area contributed by atoms with Crippen LogP contribution in [0.2, 0.25) is 0 Å². The van der Waals surface area contributed by atoms with Gasteiger partial charge in [0.05, 0.1) is 6.54 Å². The van der Waals surface area contributed by atoms with Gasteiger partial charge in [0.25, 0.3) is 11.8 Å². The lowest BCUT2D eigenvalue weighted by molar-refractivity contribution is -0.139. The third kappa shape index (κ3) is 3.52. The summed E-state index contributed by atoms with van der Waals surface area (Å²) in [6.45, 7) is 4.05. The lowest BCUT2D eigenvalue weighted by atomic mass is 9.82. The van der Waals surface area contributed by atoms with E-state index in [2.05, 4.69) is 16.8 Å². The van der Waals surface area contributed by atoms with Gasteiger partial charge in [0.15, 0.2) is 0 Å². The number of carbonyl (C=O) groups excluding carboxylic acids is 3. The summed E-state index contributed by atoms with van der Waals surface area (Å²) in [5.74, 6) is -0.743. The Morgan fingerprint density at radius 2 is 1.77 bits per heavy atom. The lowest BCUT2D eigenvalue weighted by Gasteiger charge is -2.30. The molecule has 140 valence electrons. The zero-order valence-corrected chi connectivity index (χ0v) is 15.6. The van der Waals surface area contributed by atoms with Gasteiger partial charge in [0.2, 0.25) is 0 Å². The van der Waals surface area contributed by atoms with Gasteiger partial charge in [-0.05, 0) is 49.9 Å². The van der Waals surface area contributed by atoms with Crippen molar-refractivity contribution in [3.05, 3.63) is 29.3 Å². The first-order valence-electron chi connectivity index (χ1n) is 9.06. The monoisotopic (exact) mass is 358 g/mol. The Kier molecular flexibility index (Phi) is 4.89. The van der Waals surface area contributed by atoms with E-state index in [1.807, 2.05) is 33.0 Å². The average Bonchev–Trinajstić information content (AvgIpc) is 2.79. The number of carbonyl (C=O) groups is 3. The lowest BCUT2D eigenvalue weighted by Crippen LogP contribution is -2.52. The first-order valence-corrected chi connectivity index (χ1v) is 9.06. The number of nitrogens with zero attached hydrogens (tertiary/aromatic N) is 2. The number of hydrogen-bond donors (Lipinski definition) is 2. The number of nitrogens with one attached hydrogen (secondary N) is 2. The second-order valence-electron chi connectivity index (χ2n) is 7.45. The van der Waals surface area contributed by atoms with Gasteiger partial charge in [-0.15, -0.1) is 0 Å². The molecular formula is C19H26N4O3. The van der Waals surface area contributed by atoms with Gasteiger partial charge >= 0.3 is 6.03 Å². The maximum Gasteiger partial charge on any atom is 0.344 e. The van der Waals surface area contributed by atoms with Crippen LogP contribution in [0.15, 0.2) is 18.2 Å². The van der Waals surface area contributed by atoms with Crippen molar-refractivity contribution in [3.63, 3.8) is 0 Å². The van der Waals surface area contributed by atoms with E-state index in [-0.39, 0.29) is 12.5 Å². The van der Waals surface area contributed by atoms with E-state index in [0.29, 0.717) is 12.8 Å². The molecule has 1 aromatic rings. The molecule has 1 saturated heterocycles. The van der Waals surface area contributed by atoms with Crippen molar-refractivity contribution in [2.75, 3.05) is 18.5 Å². The summed E-state index contributed by atoms with van der Waals surface area (Å²) >= 11 is 0. The standard InChI is InChI=1S/C19H26N4O3/c1-13-9-14(2)11-15(10-13)22(3)12-16(24)21-23-17(25)19(20-18(23)26)7-5-4-6-8-19/h9-11H,4-8,12H2,1-3H3,(H,20,26)(H,21,24). The molecule has 1 aliphatic carbocycles. The van der Waals surface area contributed by atoms with Crippen LogP contribution in [-0.2, 0) is 9.59 Å². The largest absolute Gasteiger partial charge is 0.365 e. The Labute approximate surface area is 153 Å². The molecule has 7 nitrogen and oxygen atoms in total. The second-order valence-corrected chi connectivity index (χ2v) is 7.45. The van der Waals surface area contributed by atoms with Gasteiger partial charge in [0, 0.05) is 12.7 Å². The van der Waals surface area contributed by atoms with Crippen molar-refractivity contribution in [3.8, 4) is 0 Å². The van der Waals surface area contributed by atoms with Crippen molar-refractivity contribution < 1.29 is 14.4 Å². The molecule has 2 aliphatic rings. The molecular weight excluding hydrogens is 332 g/mol. The highest BCUT2D eigenvalue weighted by Crippen LogP contribution is 2.33. The van der Waals surface area contributed by atoms with E-state index < -0.39 is 17.5 Å². The molecule has 0 radical (unpaired) electrons. The maximum absolute atomic E-state index is 12.7. The summed E-state index contributed by atoms with van der Waals surface area (Å²) in [4.78, 5) is 39.1. The second kappa shape index (κ2) is 6.97. The Morgan fingerprint density at radius 1 is 1.15 bits per heavy atom. The van der Waals surface area contributed by atoms with Gasteiger partial charge in [-0.2, -0.15) is 5.01 Å². The SMILES string of the molecule is Cc1cc(C)cc(N(C)CC(=O)NN2C(=O)NC3(CCCCC3)C2=O)c1. The van der Waals surface area contributed by atoms with E-state index in [4.69, 9.17) is 0 Å². The normalized spacial score (nSPS) is 18.8. The van der Waals surface area contributed by atoms with Crippen LogP contribution in [0.5, 0.6) is 0 Å². The quantitative estimate of drug-likeness (QED) is 0.807. The van der Waals surface area contributed by atoms with Crippen LogP contribution in [-0.4, -0.2) is 42.0 Å². The Hall–Kier alpha value is -2.57. The highest BCUT2D eigenvalue weighted by atomic mass is 16.2. The van der Waals surface area contributed by atoms with Crippen LogP contribution >= 0.6 is 0 Å². The number of imide groups is 1. The van der Waals surface area contributed by atoms with Gasteiger partial charge in [-0.25, -0.2) is 4.79 Å². The maximum atomic E-state index is 12.7. The molecule has 0 bridgehead atoms. The Bertz CT molecular complexity index is 720. The zero-order chi connectivity index (χ0) is 18.9. The third-order valence-corrected chi connectivity index (χ3v) is 5.13. The Morgan fingerprint density at radius 3 is 2.38 bits per heavy atom. The van der Waals surface area contributed by atoms with Crippen LogP contribution in [0.4, 0.5) is 10.5 Å². The summed E-state index contributed by atoms with van der Waals surface area (Å²) < 4.78 is 0. The molecule has 0 unspecified atom stereocenters. The number of rotatable bonds is 4. The smallest absolute Gasteiger partial charge is 0.344 e. The number of likely N-dealkylation sites (N-methyl/N-ethyl adjacent to an activating group) is 1. The first kappa shape index (κ1) is 18.2. The summed E-state index contributed by atoms with van der Waals surface area (Å²) in [6, 6.07) is 5.50. The fraction of sp³-hybridized carbons (Fsp3) is 0.526. The van der Waals surface area contributed by atoms with Crippen LogP contribution in [0.1, 0.15) is 43.2 Å². The summed E-state index contributed by atoms with van der Waals surface area (Å²) in [6.07, 6.45) is 4.14. The van der Waals surface area contributed by atoms with Crippen LogP contribution in [0.3, 0.4) is 0 Å². The topological polar surface area (TPSA) is 81.8 Å². The molecule has 1 heterocycles. The molecule has 2 fully saturated rings.